The van der Waals surface area contributed by atoms with Crippen LogP contribution in [0.15, 0.2) is 40.8 Å². The van der Waals surface area contributed by atoms with E-state index in [2.05, 4.69) is 28.0 Å². The lowest BCUT2D eigenvalue weighted by molar-refractivity contribution is -0.141. The normalized spacial score (nSPS) is 29.9. The van der Waals surface area contributed by atoms with Crippen molar-refractivity contribution in [3.8, 4) is 0 Å². The van der Waals surface area contributed by atoms with Gasteiger partial charge in [0.25, 0.3) is 5.91 Å². The predicted molar refractivity (Wildman–Crippen MR) is 197 cm³/mol. The van der Waals surface area contributed by atoms with Crippen molar-refractivity contribution in [2.75, 3.05) is 25.0 Å². The first-order valence-corrected chi connectivity index (χ1v) is 21.0. The number of carbonyl (C=O) groups excluding carboxylic acids is 4. The number of nitrogens with zero attached hydrogens (tertiary/aromatic N) is 3. The lowest BCUT2D eigenvalue weighted by Gasteiger charge is -2.35. The first kappa shape index (κ1) is 36.6. The number of aromatic nitrogens is 1. The molecule has 6 aliphatic rings. The van der Waals surface area contributed by atoms with Gasteiger partial charge in [-0.3, -0.25) is 24.0 Å². The summed E-state index contributed by atoms with van der Waals surface area (Å²) in [5.41, 5.74) is 2.66. The minimum absolute atomic E-state index is 0.0168. The second kappa shape index (κ2) is 13.9. The predicted octanol–water partition coefficient (Wildman–Crippen LogP) is 4.19. The highest BCUT2D eigenvalue weighted by atomic mass is 32.2. The molecule has 0 aromatic carbocycles. The molecule has 0 radical (unpaired) electrons. The second-order valence-electron chi connectivity index (χ2n) is 16.3. The Balaban J connectivity index is 1.17. The van der Waals surface area contributed by atoms with Crippen LogP contribution in [0.25, 0.3) is 0 Å². The van der Waals surface area contributed by atoms with Crippen LogP contribution in [-0.2, 0) is 35.6 Å². The summed E-state index contributed by atoms with van der Waals surface area (Å²) in [6.07, 6.45) is 10.5. The van der Waals surface area contributed by atoms with Crippen LogP contribution in [0.5, 0.6) is 0 Å². The molecule has 5 atom stereocenters. The van der Waals surface area contributed by atoms with Crippen LogP contribution in [0, 0.1) is 11.3 Å². The number of carbonyl (C=O) groups is 4. The molecule has 1 aromatic heterocycles. The van der Waals surface area contributed by atoms with Crippen LogP contribution in [0.1, 0.15) is 90.7 Å². The fourth-order valence-corrected chi connectivity index (χ4v) is 10.1. The van der Waals surface area contributed by atoms with Gasteiger partial charge < -0.3 is 20.3 Å². The number of ether oxygens (including phenoxy) is 1. The highest BCUT2D eigenvalue weighted by Gasteiger charge is 2.62. The molecule has 7 rings (SSSR count). The van der Waals surface area contributed by atoms with Gasteiger partial charge in [0.15, 0.2) is 5.13 Å². The lowest BCUT2D eigenvalue weighted by Crippen LogP contribution is -2.58. The van der Waals surface area contributed by atoms with Crippen molar-refractivity contribution >= 4 is 50.3 Å². The van der Waals surface area contributed by atoms with Crippen LogP contribution < -0.4 is 15.4 Å². The van der Waals surface area contributed by atoms with E-state index in [0.29, 0.717) is 31.1 Å². The number of fused-ring (bicyclic) bond motifs is 5. The third kappa shape index (κ3) is 7.39. The number of aryl methyl sites for hydroxylation is 1. The van der Waals surface area contributed by atoms with Crippen molar-refractivity contribution < 1.29 is 32.3 Å². The summed E-state index contributed by atoms with van der Waals surface area (Å²) in [6.45, 7) is 10.5. The van der Waals surface area contributed by atoms with E-state index in [-0.39, 0.29) is 25.3 Å². The van der Waals surface area contributed by atoms with Gasteiger partial charge in [-0.1, -0.05) is 44.9 Å². The molecule has 3 aliphatic heterocycles. The topological polar surface area (TPSA) is 167 Å². The van der Waals surface area contributed by atoms with E-state index in [0.717, 1.165) is 50.6 Å². The highest BCUT2D eigenvalue weighted by molar-refractivity contribution is 7.91. The minimum Gasteiger partial charge on any atom is -0.444 e. The molecule has 52 heavy (non-hydrogen) atoms. The van der Waals surface area contributed by atoms with E-state index in [1.807, 2.05) is 26.2 Å². The third-order valence-electron chi connectivity index (χ3n) is 11.3. The van der Waals surface area contributed by atoms with Crippen LogP contribution in [-0.4, -0.2) is 95.6 Å². The van der Waals surface area contributed by atoms with Crippen LogP contribution in [0.4, 0.5) is 9.93 Å². The molecule has 4 fully saturated rings. The number of nitrogens with one attached hydrogen (secondary N) is 3. The van der Waals surface area contributed by atoms with E-state index < -0.39 is 68.2 Å². The molecule has 3 aliphatic carbocycles. The molecule has 2 saturated heterocycles. The number of amides is 4. The van der Waals surface area contributed by atoms with Crippen LogP contribution in [0.2, 0.25) is 0 Å². The van der Waals surface area contributed by atoms with Crippen molar-refractivity contribution in [1.29, 1.82) is 0 Å². The summed E-state index contributed by atoms with van der Waals surface area (Å²) >= 11 is 1.44. The Morgan fingerprint density at radius 1 is 1.13 bits per heavy atom. The molecule has 15 heteroatoms. The van der Waals surface area contributed by atoms with E-state index in [1.165, 1.54) is 39.0 Å². The quantitative estimate of drug-likeness (QED) is 0.361. The minimum atomic E-state index is -3.87. The summed E-state index contributed by atoms with van der Waals surface area (Å²) in [5.74, 6) is -2.29. The summed E-state index contributed by atoms with van der Waals surface area (Å²) in [6, 6.07) is -1.88. The van der Waals surface area contributed by atoms with E-state index in [9.17, 15) is 27.6 Å². The van der Waals surface area contributed by atoms with Crippen molar-refractivity contribution in [1.82, 2.24) is 24.8 Å². The zero-order chi connectivity index (χ0) is 37.0. The van der Waals surface area contributed by atoms with Crippen molar-refractivity contribution in [3.63, 3.8) is 0 Å². The third-order valence-corrected chi connectivity index (χ3v) is 14.0. The average molecular weight is 755 g/mol. The molecule has 6 bridgehead atoms. The summed E-state index contributed by atoms with van der Waals surface area (Å²) < 4.78 is 33.6. The summed E-state index contributed by atoms with van der Waals surface area (Å²) in [7, 11) is -3.87. The van der Waals surface area contributed by atoms with Crippen molar-refractivity contribution in [2.45, 2.75) is 120 Å². The second-order valence-corrected chi connectivity index (χ2v) is 19.1. The Morgan fingerprint density at radius 3 is 2.62 bits per heavy atom. The molecule has 0 spiro atoms. The smallest absolute Gasteiger partial charge is 0.410 e. The number of rotatable bonds is 6. The summed E-state index contributed by atoms with van der Waals surface area (Å²) in [5, 5.41) is 8.19. The maximum absolute atomic E-state index is 14.6. The molecule has 282 valence electrons. The maximum Gasteiger partial charge on any atom is 0.410 e. The Kier molecular flexibility index (Phi) is 9.81. The zero-order valence-corrected chi connectivity index (χ0v) is 31.9. The highest BCUT2D eigenvalue weighted by Crippen LogP contribution is 2.46. The first-order valence-electron chi connectivity index (χ1n) is 18.6. The molecular formula is C37H50N6O7S2. The van der Waals surface area contributed by atoms with Gasteiger partial charge in [0.2, 0.25) is 21.8 Å². The standard InChI is InChI=1S/C37H50N6O7S2/c1-5-24-17-37(24,33(46)41-52(48,49)27-14-15-27)40-31(44)29-16-26-19-43(29)32(45)30(36(2,3)4)39-34-38-25(21-51-34)13-8-6-7-10-22-11-9-12-23-18-42(20-28(22)23)35(47)50-26/h5,12,21,24,26-27,29-30H,1,6-11,13-20H2,2-4H3,(H,38,39)(H,40,44)(H,41,46)/t24-,26-,29+,30-,37-/m1/s1. The summed E-state index contributed by atoms with van der Waals surface area (Å²) in [4.78, 5) is 64.0. The monoisotopic (exact) mass is 754 g/mol. The van der Waals surface area contributed by atoms with E-state index >= 15 is 0 Å². The average Bonchev–Trinajstić information content (AvgIpc) is 3.90. The van der Waals surface area contributed by atoms with Gasteiger partial charge >= 0.3 is 6.09 Å². The van der Waals surface area contributed by atoms with Crippen LogP contribution >= 0.6 is 11.3 Å². The van der Waals surface area contributed by atoms with Crippen molar-refractivity contribution in [2.24, 2.45) is 11.3 Å². The van der Waals surface area contributed by atoms with Gasteiger partial charge in [0, 0.05) is 30.8 Å². The van der Waals surface area contributed by atoms with Gasteiger partial charge in [-0.2, -0.15) is 0 Å². The first-order chi connectivity index (χ1) is 24.7. The molecule has 3 N–H and O–H groups in total. The molecule has 0 unspecified atom stereocenters. The zero-order valence-electron chi connectivity index (χ0n) is 30.2. The maximum atomic E-state index is 14.6. The number of hydrogen-bond donors (Lipinski definition) is 3. The molecule has 4 heterocycles. The van der Waals surface area contributed by atoms with Crippen LogP contribution in [0.3, 0.4) is 0 Å². The van der Waals surface area contributed by atoms with Gasteiger partial charge in [-0.25, -0.2) is 18.2 Å². The number of sulfonamides is 1. The Bertz CT molecular complexity index is 1830. The number of hydrogen-bond acceptors (Lipinski definition) is 10. The van der Waals surface area contributed by atoms with Crippen molar-refractivity contribution in [3.05, 3.63) is 46.5 Å². The number of thiazole rings is 1. The fraction of sp³-hybridized carbons (Fsp3) is 0.649. The van der Waals surface area contributed by atoms with Gasteiger partial charge in [-0.15, -0.1) is 17.9 Å². The molecular weight excluding hydrogens is 705 g/mol. The fourth-order valence-electron chi connectivity index (χ4n) is 8.01. The van der Waals surface area contributed by atoms with E-state index in [1.54, 1.807) is 4.90 Å². The SMILES string of the molecule is C=C[C@@H]1C[C@]1(NC(=O)[C@@H]1C[C@@H]2CN1C(=O)[C@H](C(C)(C)C)Nc1nc(cs1)CCCCCC1=C3CN(CC3=CCC1)C(=O)O2)C(=O)NS(=O)(=O)C1CC1. The Labute approximate surface area is 309 Å². The van der Waals surface area contributed by atoms with Gasteiger partial charge in [0.05, 0.1) is 17.5 Å². The Morgan fingerprint density at radius 2 is 1.90 bits per heavy atom. The largest absolute Gasteiger partial charge is 0.444 e. The Hall–Kier alpha value is -3.72. The molecule has 13 nitrogen and oxygen atoms in total. The van der Waals surface area contributed by atoms with Gasteiger partial charge in [0.1, 0.15) is 23.7 Å². The molecule has 2 saturated carbocycles. The van der Waals surface area contributed by atoms with Gasteiger partial charge in [-0.05, 0) is 74.3 Å². The van der Waals surface area contributed by atoms with E-state index in [4.69, 9.17) is 9.72 Å². The number of anilines is 1. The number of allylic oxidation sites excluding steroid dienone is 2. The lowest BCUT2D eigenvalue weighted by atomic mass is 9.85. The molecule has 1 aromatic rings. The molecule has 4 amide bonds.